The van der Waals surface area contributed by atoms with Gasteiger partial charge in [0, 0.05) is 11.8 Å². The number of fused-ring (bicyclic) bond motifs is 1. The van der Waals surface area contributed by atoms with Gasteiger partial charge in [-0.05, 0) is 44.2 Å². The highest BCUT2D eigenvalue weighted by atomic mass is 35.5. The van der Waals surface area contributed by atoms with E-state index in [9.17, 15) is 0 Å². The van der Waals surface area contributed by atoms with Crippen molar-refractivity contribution in [1.29, 1.82) is 0 Å². The van der Waals surface area contributed by atoms with Gasteiger partial charge in [-0.2, -0.15) is 11.8 Å². The van der Waals surface area contributed by atoms with Gasteiger partial charge < -0.3 is 4.57 Å². The molecule has 0 saturated carbocycles. The Morgan fingerprint density at radius 1 is 1.37 bits per heavy atom. The summed E-state index contributed by atoms with van der Waals surface area (Å²) in [5, 5.41) is -0.0678. The molecule has 0 N–H and O–H groups in total. The number of aromatic nitrogens is 2. The van der Waals surface area contributed by atoms with Gasteiger partial charge in [0.15, 0.2) is 0 Å². The highest BCUT2D eigenvalue weighted by Crippen LogP contribution is 2.29. The number of hydrogen-bond acceptors (Lipinski definition) is 2. The third kappa shape index (κ3) is 3.09. The topological polar surface area (TPSA) is 17.8 Å². The monoisotopic (exact) mass is 296 g/mol. The molecule has 4 heteroatoms. The molecule has 0 radical (unpaired) electrons. The third-order valence-corrected chi connectivity index (χ3v) is 4.55. The van der Waals surface area contributed by atoms with Crippen molar-refractivity contribution in [2.24, 2.45) is 0 Å². The molecule has 0 fully saturated rings. The van der Waals surface area contributed by atoms with Crippen LogP contribution in [0.1, 0.15) is 43.6 Å². The van der Waals surface area contributed by atoms with Gasteiger partial charge in [0.2, 0.25) is 0 Å². The Kier molecular flexibility index (Phi) is 4.80. The molecule has 1 aromatic heterocycles. The smallest absolute Gasteiger partial charge is 0.127 e. The van der Waals surface area contributed by atoms with E-state index in [0.717, 1.165) is 22.8 Å². The summed E-state index contributed by atoms with van der Waals surface area (Å²) in [6.07, 6.45) is 0. The third-order valence-electron chi connectivity index (χ3n) is 3.23. The SMILES string of the molecule is CCSCC(C)n1c(C(C)Cl)nc2ccc(C)cc21. The van der Waals surface area contributed by atoms with Crippen molar-refractivity contribution in [3.05, 3.63) is 29.6 Å². The predicted molar refractivity (Wildman–Crippen MR) is 86.4 cm³/mol. The summed E-state index contributed by atoms with van der Waals surface area (Å²) in [7, 11) is 0. The first-order chi connectivity index (χ1) is 9.04. The van der Waals surface area contributed by atoms with Crippen molar-refractivity contribution in [3.63, 3.8) is 0 Å². The molecule has 2 aromatic rings. The lowest BCUT2D eigenvalue weighted by Crippen LogP contribution is -2.12. The summed E-state index contributed by atoms with van der Waals surface area (Å²) in [5.74, 6) is 3.21. The molecule has 0 aliphatic carbocycles. The maximum atomic E-state index is 6.31. The highest BCUT2D eigenvalue weighted by Gasteiger charge is 2.18. The van der Waals surface area contributed by atoms with Crippen molar-refractivity contribution in [2.75, 3.05) is 11.5 Å². The zero-order valence-corrected chi connectivity index (χ0v) is 13.6. The number of halogens is 1. The van der Waals surface area contributed by atoms with Gasteiger partial charge in [-0.25, -0.2) is 4.98 Å². The lowest BCUT2D eigenvalue weighted by atomic mass is 10.2. The van der Waals surface area contributed by atoms with E-state index in [2.05, 4.69) is 43.5 Å². The Hall–Kier alpha value is -0.670. The Bertz CT molecular complexity index is 563. The Morgan fingerprint density at radius 2 is 2.11 bits per heavy atom. The Morgan fingerprint density at radius 3 is 2.74 bits per heavy atom. The van der Waals surface area contributed by atoms with Crippen molar-refractivity contribution in [1.82, 2.24) is 9.55 Å². The fourth-order valence-corrected chi connectivity index (χ4v) is 3.21. The summed E-state index contributed by atoms with van der Waals surface area (Å²) in [6, 6.07) is 6.81. The molecule has 19 heavy (non-hydrogen) atoms. The van der Waals surface area contributed by atoms with Crippen molar-refractivity contribution in [3.8, 4) is 0 Å². The van der Waals surface area contributed by atoms with Crippen LogP contribution in [0.3, 0.4) is 0 Å². The summed E-state index contributed by atoms with van der Waals surface area (Å²) in [5.41, 5.74) is 3.51. The number of thioether (sulfide) groups is 1. The summed E-state index contributed by atoms with van der Waals surface area (Å²) < 4.78 is 2.31. The second-order valence-electron chi connectivity index (χ2n) is 4.96. The largest absolute Gasteiger partial charge is 0.323 e. The van der Waals surface area contributed by atoms with E-state index in [1.807, 2.05) is 18.7 Å². The minimum atomic E-state index is -0.0678. The van der Waals surface area contributed by atoms with Gasteiger partial charge >= 0.3 is 0 Å². The average Bonchev–Trinajstić information content (AvgIpc) is 2.74. The zero-order chi connectivity index (χ0) is 14.0. The van der Waals surface area contributed by atoms with E-state index >= 15 is 0 Å². The minimum Gasteiger partial charge on any atom is -0.323 e. The van der Waals surface area contributed by atoms with Crippen LogP contribution in [0, 0.1) is 6.92 Å². The molecule has 0 amide bonds. The van der Waals surface area contributed by atoms with Crippen LogP contribution in [-0.2, 0) is 0 Å². The van der Waals surface area contributed by atoms with Gasteiger partial charge in [-0.3, -0.25) is 0 Å². The van der Waals surface area contributed by atoms with E-state index in [-0.39, 0.29) is 5.38 Å². The highest BCUT2D eigenvalue weighted by molar-refractivity contribution is 7.99. The maximum absolute atomic E-state index is 6.31. The molecular weight excluding hydrogens is 276 g/mol. The van der Waals surface area contributed by atoms with Crippen LogP contribution in [0.25, 0.3) is 11.0 Å². The summed E-state index contributed by atoms with van der Waals surface area (Å²) in [6.45, 7) is 8.55. The number of nitrogens with zero attached hydrogens (tertiary/aromatic N) is 2. The van der Waals surface area contributed by atoms with Crippen LogP contribution in [-0.4, -0.2) is 21.1 Å². The van der Waals surface area contributed by atoms with Gasteiger partial charge in [0.25, 0.3) is 0 Å². The first-order valence-corrected chi connectivity index (χ1v) is 8.34. The second-order valence-corrected chi connectivity index (χ2v) is 6.93. The number of rotatable bonds is 5. The van der Waals surface area contributed by atoms with Gasteiger partial charge in [0.1, 0.15) is 5.82 Å². The van der Waals surface area contributed by atoms with Gasteiger partial charge in [0.05, 0.1) is 16.4 Å². The van der Waals surface area contributed by atoms with E-state index in [0.29, 0.717) is 6.04 Å². The predicted octanol–water partition coefficient (Wildman–Crippen LogP) is 4.96. The Labute approximate surface area is 124 Å². The minimum absolute atomic E-state index is 0.0678. The number of imidazole rings is 1. The number of alkyl halides is 1. The molecule has 0 spiro atoms. The van der Waals surface area contributed by atoms with E-state index < -0.39 is 0 Å². The average molecular weight is 297 g/mol. The quantitative estimate of drug-likeness (QED) is 0.726. The van der Waals surface area contributed by atoms with Crippen LogP contribution in [0.4, 0.5) is 0 Å². The normalized spacial score (nSPS) is 14.8. The first kappa shape index (κ1) is 14.7. The lowest BCUT2D eigenvalue weighted by Gasteiger charge is -2.18. The van der Waals surface area contributed by atoms with Crippen molar-refractivity contribution in [2.45, 2.75) is 39.1 Å². The first-order valence-electron chi connectivity index (χ1n) is 6.74. The summed E-state index contributed by atoms with van der Waals surface area (Å²) in [4.78, 5) is 4.70. The Balaban J connectivity index is 2.53. The molecule has 0 saturated heterocycles. The fourth-order valence-electron chi connectivity index (χ4n) is 2.33. The van der Waals surface area contributed by atoms with Gasteiger partial charge in [-0.15, -0.1) is 11.6 Å². The maximum Gasteiger partial charge on any atom is 0.127 e. The molecule has 0 bridgehead atoms. The number of benzene rings is 1. The molecule has 0 aliphatic heterocycles. The molecule has 2 atom stereocenters. The van der Waals surface area contributed by atoms with Crippen molar-refractivity contribution >= 4 is 34.4 Å². The molecule has 2 unspecified atom stereocenters. The van der Waals surface area contributed by atoms with Crippen molar-refractivity contribution < 1.29 is 0 Å². The van der Waals surface area contributed by atoms with Gasteiger partial charge in [-0.1, -0.05) is 13.0 Å². The second kappa shape index (κ2) is 6.19. The molecule has 2 rings (SSSR count). The van der Waals surface area contributed by atoms with Crippen LogP contribution in [0.15, 0.2) is 18.2 Å². The van der Waals surface area contributed by atoms with Crippen LogP contribution >= 0.6 is 23.4 Å². The molecule has 0 aliphatic rings. The lowest BCUT2D eigenvalue weighted by molar-refractivity contribution is 0.592. The number of hydrogen-bond donors (Lipinski definition) is 0. The standard InChI is InChI=1S/C15H21ClN2S/c1-5-19-9-11(3)18-14-8-10(2)6-7-13(14)17-15(18)12(4)16/h6-8,11-12H,5,9H2,1-4H3. The van der Waals surface area contributed by atoms with Crippen LogP contribution < -0.4 is 0 Å². The zero-order valence-electron chi connectivity index (χ0n) is 12.0. The molecular formula is C15H21ClN2S. The summed E-state index contributed by atoms with van der Waals surface area (Å²) >= 11 is 8.26. The van der Waals surface area contributed by atoms with E-state index in [1.165, 1.54) is 11.1 Å². The molecule has 2 nitrogen and oxygen atoms in total. The van der Waals surface area contributed by atoms with Crippen LogP contribution in [0.5, 0.6) is 0 Å². The molecule has 104 valence electrons. The number of aryl methyl sites for hydroxylation is 1. The fraction of sp³-hybridized carbons (Fsp3) is 0.533. The van der Waals surface area contributed by atoms with E-state index in [1.54, 1.807) is 0 Å². The molecule has 1 aromatic carbocycles. The molecule has 1 heterocycles. The van der Waals surface area contributed by atoms with E-state index in [4.69, 9.17) is 16.6 Å². The van der Waals surface area contributed by atoms with Crippen LogP contribution in [0.2, 0.25) is 0 Å².